The molecule has 1 nitrogen and oxygen atoms in total. The first kappa shape index (κ1) is 10.4. The van der Waals surface area contributed by atoms with Crippen molar-refractivity contribution in [1.82, 2.24) is 0 Å². The van der Waals surface area contributed by atoms with Crippen molar-refractivity contribution in [3.63, 3.8) is 0 Å². The van der Waals surface area contributed by atoms with E-state index in [1.165, 1.54) is 0 Å². The van der Waals surface area contributed by atoms with Crippen LogP contribution < -0.4 is 0 Å². The highest BCUT2D eigenvalue weighted by Crippen LogP contribution is 2.36. The van der Waals surface area contributed by atoms with E-state index >= 15 is 0 Å². The van der Waals surface area contributed by atoms with Crippen LogP contribution in [0.25, 0.3) is 0 Å². The van der Waals surface area contributed by atoms with Gasteiger partial charge in [-0.15, -0.1) is 0 Å². The molecule has 0 heterocycles. The Balaban J connectivity index is 4.50. The smallest absolute Gasteiger partial charge is 0.0904 e. The normalized spacial score (nSPS) is 13.5. The zero-order chi connectivity index (χ0) is 9.12. The summed E-state index contributed by atoms with van der Waals surface area (Å²) in [6, 6.07) is 2.05. The van der Waals surface area contributed by atoms with Crippen molar-refractivity contribution in [1.29, 1.82) is 5.26 Å². The molecule has 0 aromatic carbocycles. The van der Waals surface area contributed by atoms with Crippen molar-refractivity contribution < 1.29 is 0 Å². The van der Waals surface area contributed by atoms with Gasteiger partial charge in [0.25, 0.3) is 0 Å². The van der Waals surface area contributed by atoms with Crippen LogP contribution in [0.2, 0.25) is 18.1 Å². The molecule has 0 aromatic rings. The van der Waals surface area contributed by atoms with Gasteiger partial charge in [0, 0.05) is 6.08 Å². The Kier molecular flexibility index (Phi) is 3.07. The summed E-state index contributed by atoms with van der Waals surface area (Å²) in [5.74, 6) is 0. The summed E-state index contributed by atoms with van der Waals surface area (Å²) in [6.45, 7) is 11.3. The topological polar surface area (TPSA) is 23.8 Å². The molecular formula is C9H17NSi. The number of nitriles is 1. The van der Waals surface area contributed by atoms with Gasteiger partial charge in [-0.1, -0.05) is 39.6 Å². The number of nitrogens with zero attached hydrogens (tertiary/aromatic N) is 1. The van der Waals surface area contributed by atoms with Crippen LogP contribution in [0, 0.1) is 11.3 Å². The maximum atomic E-state index is 8.38. The van der Waals surface area contributed by atoms with Crippen molar-refractivity contribution in [3.8, 4) is 6.07 Å². The van der Waals surface area contributed by atoms with Gasteiger partial charge in [0.15, 0.2) is 0 Å². The molecule has 0 rings (SSSR count). The molecule has 0 amide bonds. The van der Waals surface area contributed by atoms with E-state index in [4.69, 9.17) is 5.26 Å². The molecule has 0 unspecified atom stereocenters. The van der Waals surface area contributed by atoms with Gasteiger partial charge in [-0.3, -0.25) is 0 Å². The molecule has 0 aromatic heterocycles. The molecule has 0 bridgehead atoms. The fourth-order valence-corrected chi connectivity index (χ4v) is 1.49. The summed E-state index contributed by atoms with van der Waals surface area (Å²) >= 11 is 0. The highest BCUT2D eigenvalue weighted by molar-refractivity contribution is 6.84. The molecule has 0 saturated carbocycles. The van der Waals surface area contributed by atoms with E-state index in [1.807, 2.05) is 0 Å². The van der Waals surface area contributed by atoms with Crippen LogP contribution in [0.1, 0.15) is 20.8 Å². The Morgan fingerprint density at radius 2 is 1.73 bits per heavy atom. The molecule has 0 atom stereocenters. The molecule has 0 radical (unpaired) electrons. The summed E-state index contributed by atoms with van der Waals surface area (Å²) in [5, 5.41) is 8.73. The highest BCUT2D eigenvalue weighted by Gasteiger charge is 2.32. The Bertz CT molecular complexity index is 191. The lowest BCUT2D eigenvalue weighted by Gasteiger charge is -2.33. The lowest BCUT2D eigenvalue weighted by Crippen LogP contribution is -2.34. The molecule has 0 aliphatic carbocycles. The van der Waals surface area contributed by atoms with Crippen molar-refractivity contribution in [2.75, 3.05) is 0 Å². The molecule has 0 aliphatic heterocycles. The molecule has 62 valence electrons. The first-order valence-corrected chi connectivity index (χ1v) is 6.96. The number of hydrogen-bond acceptors (Lipinski definition) is 1. The quantitative estimate of drug-likeness (QED) is 0.435. The second kappa shape index (κ2) is 3.23. The van der Waals surface area contributed by atoms with Gasteiger partial charge in [-0.05, 0) is 5.04 Å². The largest absolute Gasteiger partial charge is 0.193 e. The summed E-state index contributed by atoms with van der Waals surface area (Å²) in [6.07, 6.45) is 1.62. The van der Waals surface area contributed by atoms with E-state index in [0.717, 1.165) is 0 Å². The summed E-state index contributed by atoms with van der Waals surface area (Å²) < 4.78 is 0. The van der Waals surface area contributed by atoms with Crippen LogP contribution in [0.4, 0.5) is 0 Å². The van der Waals surface area contributed by atoms with E-state index in [2.05, 4.69) is 45.6 Å². The van der Waals surface area contributed by atoms with Gasteiger partial charge < -0.3 is 0 Å². The number of allylic oxidation sites excluding steroid dienone is 1. The molecule has 0 aliphatic rings. The summed E-state index contributed by atoms with van der Waals surface area (Å²) in [7, 11) is -1.33. The number of rotatable bonds is 1. The standard InChI is InChI=1S/C9H17NSi/c1-9(2,3)11(4,5)8-6-7-10/h6,8H,1-5H3/b8-6+. The van der Waals surface area contributed by atoms with Crippen LogP contribution in [-0.4, -0.2) is 8.07 Å². The Morgan fingerprint density at radius 1 is 1.27 bits per heavy atom. The minimum Gasteiger partial charge on any atom is -0.193 e. The highest BCUT2D eigenvalue weighted by atomic mass is 28.3. The lowest BCUT2D eigenvalue weighted by atomic mass is 10.2. The third-order valence-corrected chi connectivity index (χ3v) is 7.37. The van der Waals surface area contributed by atoms with Gasteiger partial charge in [0.05, 0.1) is 14.1 Å². The second-order valence-corrected chi connectivity index (χ2v) is 9.71. The van der Waals surface area contributed by atoms with Gasteiger partial charge in [0.2, 0.25) is 0 Å². The van der Waals surface area contributed by atoms with E-state index < -0.39 is 8.07 Å². The van der Waals surface area contributed by atoms with Crippen LogP contribution in [0.15, 0.2) is 11.8 Å². The van der Waals surface area contributed by atoms with Gasteiger partial charge >= 0.3 is 0 Å². The zero-order valence-electron chi connectivity index (χ0n) is 8.10. The fourth-order valence-electron chi connectivity index (χ4n) is 0.496. The molecule has 0 spiro atoms. The summed E-state index contributed by atoms with van der Waals surface area (Å²) in [5.41, 5.74) is 2.10. The average Bonchev–Trinajstić information content (AvgIpc) is 1.81. The van der Waals surface area contributed by atoms with Crippen molar-refractivity contribution in [2.24, 2.45) is 0 Å². The van der Waals surface area contributed by atoms with Gasteiger partial charge in [-0.2, -0.15) is 5.26 Å². The first-order chi connectivity index (χ1) is 4.81. The number of hydrogen-bond donors (Lipinski definition) is 0. The molecule has 2 heteroatoms. The molecular weight excluding hydrogens is 150 g/mol. The fraction of sp³-hybridized carbons (Fsp3) is 0.667. The lowest BCUT2D eigenvalue weighted by molar-refractivity contribution is 0.729. The monoisotopic (exact) mass is 167 g/mol. The predicted molar refractivity (Wildman–Crippen MR) is 52.0 cm³/mol. The van der Waals surface area contributed by atoms with Crippen molar-refractivity contribution in [3.05, 3.63) is 11.8 Å². The van der Waals surface area contributed by atoms with Crippen LogP contribution in [0.3, 0.4) is 0 Å². The summed E-state index contributed by atoms with van der Waals surface area (Å²) in [4.78, 5) is 0. The molecule has 11 heavy (non-hydrogen) atoms. The maximum absolute atomic E-state index is 8.38. The molecule has 0 N–H and O–H groups in total. The average molecular weight is 167 g/mol. The van der Waals surface area contributed by atoms with Crippen molar-refractivity contribution >= 4 is 8.07 Å². The SMILES string of the molecule is CC(C)(C)[Si](C)(C)/C=C/C#N. The van der Waals surface area contributed by atoms with E-state index in [0.29, 0.717) is 5.04 Å². The van der Waals surface area contributed by atoms with E-state index in [9.17, 15) is 0 Å². The van der Waals surface area contributed by atoms with Crippen molar-refractivity contribution in [2.45, 2.75) is 38.9 Å². The second-order valence-electron chi connectivity index (χ2n) is 4.43. The van der Waals surface area contributed by atoms with Crippen LogP contribution in [0.5, 0.6) is 0 Å². The van der Waals surface area contributed by atoms with Gasteiger partial charge in [0.1, 0.15) is 0 Å². The van der Waals surface area contributed by atoms with Gasteiger partial charge in [-0.25, -0.2) is 0 Å². The Hall–Kier alpha value is -0.553. The maximum Gasteiger partial charge on any atom is 0.0904 e. The first-order valence-electron chi connectivity index (χ1n) is 3.88. The van der Waals surface area contributed by atoms with Crippen LogP contribution in [-0.2, 0) is 0 Å². The van der Waals surface area contributed by atoms with E-state index in [-0.39, 0.29) is 0 Å². The minimum absolute atomic E-state index is 0.348. The minimum atomic E-state index is -1.33. The molecule has 0 saturated heterocycles. The molecule has 0 fully saturated rings. The Labute approximate surface area is 70.7 Å². The zero-order valence-corrected chi connectivity index (χ0v) is 9.10. The van der Waals surface area contributed by atoms with E-state index in [1.54, 1.807) is 6.08 Å². The third-order valence-electron chi connectivity index (χ3n) is 2.51. The third kappa shape index (κ3) is 2.90. The predicted octanol–water partition coefficient (Wildman–Crippen LogP) is 3.11. The Morgan fingerprint density at radius 3 is 2.00 bits per heavy atom. The van der Waals surface area contributed by atoms with Crippen LogP contribution >= 0.6 is 0 Å².